The van der Waals surface area contributed by atoms with Crippen LogP contribution >= 0.6 is 0 Å². The van der Waals surface area contributed by atoms with Crippen molar-refractivity contribution in [2.45, 2.75) is 19.4 Å². The fraction of sp³-hybridized carbons (Fsp3) is 0.375. The Balaban J connectivity index is 1.47. The summed E-state index contributed by atoms with van der Waals surface area (Å²) in [7, 11) is 0. The molecule has 0 spiro atoms. The number of carbonyl (C=O) groups excluding carboxylic acids is 1. The van der Waals surface area contributed by atoms with Crippen LogP contribution in [0.1, 0.15) is 18.9 Å². The Morgan fingerprint density at radius 3 is 2.69 bits per heavy atom. The van der Waals surface area contributed by atoms with Gasteiger partial charge in [-0.05, 0) is 30.7 Å². The van der Waals surface area contributed by atoms with E-state index in [1.54, 1.807) is 10.7 Å². The molecule has 2 aromatic heterocycles. The van der Waals surface area contributed by atoms with Gasteiger partial charge in [-0.3, -0.25) is 4.79 Å². The molecule has 1 aromatic carbocycles. The molecule has 4 heterocycles. The number of rotatable bonds is 5. The number of fused-ring (bicyclic) bond motifs is 1. The summed E-state index contributed by atoms with van der Waals surface area (Å²) in [6, 6.07) is 12.7. The highest BCUT2D eigenvalue weighted by Gasteiger charge is 2.29. The van der Waals surface area contributed by atoms with Crippen molar-refractivity contribution in [2.24, 2.45) is 5.92 Å². The van der Waals surface area contributed by atoms with Crippen molar-refractivity contribution in [1.29, 1.82) is 5.26 Å². The lowest BCUT2D eigenvalue weighted by atomic mass is 10.0. The van der Waals surface area contributed by atoms with Gasteiger partial charge in [0.1, 0.15) is 29.0 Å². The van der Waals surface area contributed by atoms with E-state index in [2.05, 4.69) is 51.0 Å². The number of hydrogen-bond acceptors (Lipinski definition) is 6. The van der Waals surface area contributed by atoms with Gasteiger partial charge in [0, 0.05) is 62.5 Å². The van der Waals surface area contributed by atoms with Gasteiger partial charge < -0.3 is 20.3 Å². The summed E-state index contributed by atoms with van der Waals surface area (Å²) >= 11 is 0. The summed E-state index contributed by atoms with van der Waals surface area (Å²) in [4.78, 5) is 14.0. The molecule has 32 heavy (non-hydrogen) atoms. The number of nitrogens with zero attached hydrogens (tertiary/aromatic N) is 4. The molecule has 2 atom stereocenters. The number of piperazine rings is 1. The molecular formula is C24H26N6O2. The summed E-state index contributed by atoms with van der Waals surface area (Å²) in [5.41, 5.74) is 4.34. The van der Waals surface area contributed by atoms with E-state index < -0.39 is 0 Å². The van der Waals surface area contributed by atoms with Crippen LogP contribution in [0, 0.1) is 17.2 Å². The number of nitriles is 1. The standard InChI is InChI=1S/C24H26N6O2/c1-16(18-11-23(31)27-13-18)32-22-10-19(15-30-24(22)20(12-25)14-28-30)17-2-4-21(5-3-17)29-8-6-26-7-9-29/h2-5,10,14-16,18,26H,6-9,11,13H2,1H3,(H,27,31). The summed E-state index contributed by atoms with van der Waals surface area (Å²) in [6.45, 7) is 6.58. The summed E-state index contributed by atoms with van der Waals surface area (Å²) < 4.78 is 8.03. The van der Waals surface area contributed by atoms with Crippen LogP contribution in [0.5, 0.6) is 5.75 Å². The van der Waals surface area contributed by atoms with Crippen molar-refractivity contribution in [1.82, 2.24) is 20.2 Å². The molecule has 164 valence electrons. The van der Waals surface area contributed by atoms with Crippen LogP contribution in [-0.4, -0.2) is 54.3 Å². The molecule has 5 rings (SSSR count). The second-order valence-corrected chi connectivity index (χ2v) is 8.43. The lowest BCUT2D eigenvalue weighted by Gasteiger charge is -2.29. The predicted octanol–water partition coefficient (Wildman–Crippen LogP) is 2.19. The maximum absolute atomic E-state index is 11.6. The topological polar surface area (TPSA) is 94.7 Å². The molecule has 2 aliphatic heterocycles. The number of pyridine rings is 1. The second kappa shape index (κ2) is 8.52. The number of ether oxygens (including phenoxy) is 1. The fourth-order valence-electron chi connectivity index (χ4n) is 4.46. The monoisotopic (exact) mass is 430 g/mol. The van der Waals surface area contributed by atoms with E-state index in [0.717, 1.165) is 37.3 Å². The smallest absolute Gasteiger partial charge is 0.220 e. The molecule has 8 heteroatoms. The number of amides is 1. The number of hydrogen-bond donors (Lipinski definition) is 2. The van der Waals surface area contributed by atoms with Crippen molar-refractivity contribution in [2.75, 3.05) is 37.6 Å². The molecule has 2 N–H and O–H groups in total. The number of anilines is 1. The van der Waals surface area contributed by atoms with Crippen LogP contribution in [-0.2, 0) is 4.79 Å². The zero-order chi connectivity index (χ0) is 22.1. The fourth-order valence-corrected chi connectivity index (χ4v) is 4.46. The maximum atomic E-state index is 11.6. The third kappa shape index (κ3) is 3.87. The second-order valence-electron chi connectivity index (χ2n) is 8.43. The van der Waals surface area contributed by atoms with Gasteiger partial charge in [0.15, 0.2) is 0 Å². The average Bonchev–Trinajstić information content (AvgIpc) is 3.46. The highest BCUT2D eigenvalue weighted by Crippen LogP contribution is 2.33. The predicted molar refractivity (Wildman–Crippen MR) is 122 cm³/mol. The quantitative estimate of drug-likeness (QED) is 0.644. The van der Waals surface area contributed by atoms with Crippen LogP contribution in [0.15, 0.2) is 42.7 Å². The van der Waals surface area contributed by atoms with Crippen LogP contribution in [0.3, 0.4) is 0 Å². The van der Waals surface area contributed by atoms with Crippen LogP contribution in [0.25, 0.3) is 16.6 Å². The Kier molecular flexibility index (Phi) is 5.41. The van der Waals surface area contributed by atoms with Crippen LogP contribution < -0.4 is 20.3 Å². The van der Waals surface area contributed by atoms with Crippen molar-refractivity contribution < 1.29 is 9.53 Å². The first-order valence-corrected chi connectivity index (χ1v) is 11.0. The Morgan fingerprint density at radius 2 is 2.00 bits per heavy atom. The highest BCUT2D eigenvalue weighted by atomic mass is 16.5. The van der Waals surface area contributed by atoms with E-state index in [0.29, 0.717) is 29.8 Å². The Bertz CT molecular complexity index is 1170. The van der Waals surface area contributed by atoms with Gasteiger partial charge in [-0.2, -0.15) is 10.4 Å². The molecule has 8 nitrogen and oxygen atoms in total. The van der Waals surface area contributed by atoms with E-state index >= 15 is 0 Å². The summed E-state index contributed by atoms with van der Waals surface area (Å²) in [6.07, 6.45) is 3.76. The first-order chi connectivity index (χ1) is 15.6. The maximum Gasteiger partial charge on any atom is 0.220 e. The zero-order valence-corrected chi connectivity index (χ0v) is 18.0. The van der Waals surface area contributed by atoms with Crippen molar-refractivity contribution in [3.05, 3.63) is 48.3 Å². The van der Waals surface area contributed by atoms with Gasteiger partial charge in [0.05, 0.1) is 6.20 Å². The Labute approximate surface area is 186 Å². The molecule has 3 aromatic rings. The minimum absolute atomic E-state index is 0.0518. The lowest BCUT2D eigenvalue weighted by molar-refractivity contribution is -0.119. The number of carbonyl (C=O) groups is 1. The van der Waals surface area contributed by atoms with E-state index in [1.807, 2.05) is 19.2 Å². The first kappa shape index (κ1) is 20.3. The van der Waals surface area contributed by atoms with E-state index in [1.165, 1.54) is 5.69 Å². The average molecular weight is 431 g/mol. The van der Waals surface area contributed by atoms with E-state index in [9.17, 15) is 10.1 Å². The normalized spacial score (nSPS) is 19.6. The molecule has 0 saturated carbocycles. The van der Waals surface area contributed by atoms with Crippen LogP contribution in [0.2, 0.25) is 0 Å². The SMILES string of the molecule is CC(Oc1cc(-c2ccc(N3CCNCC3)cc2)cn2ncc(C#N)c12)C1CNC(=O)C1. The number of benzene rings is 1. The molecule has 0 bridgehead atoms. The Hall–Kier alpha value is -3.57. The Morgan fingerprint density at radius 1 is 1.22 bits per heavy atom. The molecule has 2 fully saturated rings. The van der Waals surface area contributed by atoms with Crippen LogP contribution in [0.4, 0.5) is 5.69 Å². The molecule has 0 aliphatic carbocycles. The summed E-state index contributed by atoms with van der Waals surface area (Å²) in [5.74, 6) is 0.753. The van der Waals surface area contributed by atoms with Gasteiger partial charge in [-0.25, -0.2) is 4.52 Å². The zero-order valence-electron chi connectivity index (χ0n) is 18.0. The highest BCUT2D eigenvalue weighted by molar-refractivity contribution is 5.78. The molecule has 1 amide bonds. The molecule has 2 saturated heterocycles. The van der Waals surface area contributed by atoms with Gasteiger partial charge >= 0.3 is 0 Å². The minimum atomic E-state index is -0.176. The molecule has 0 radical (unpaired) electrons. The lowest BCUT2D eigenvalue weighted by Crippen LogP contribution is -2.43. The van der Waals surface area contributed by atoms with Gasteiger partial charge in [0.2, 0.25) is 5.91 Å². The minimum Gasteiger partial charge on any atom is -0.488 e. The van der Waals surface area contributed by atoms with Gasteiger partial charge in [-0.1, -0.05) is 12.1 Å². The largest absolute Gasteiger partial charge is 0.488 e. The third-order valence-corrected chi connectivity index (χ3v) is 6.37. The number of aromatic nitrogens is 2. The van der Waals surface area contributed by atoms with E-state index in [4.69, 9.17) is 4.74 Å². The van der Waals surface area contributed by atoms with E-state index in [-0.39, 0.29) is 17.9 Å². The first-order valence-electron chi connectivity index (χ1n) is 11.0. The van der Waals surface area contributed by atoms with Crippen molar-refractivity contribution >= 4 is 17.1 Å². The number of nitrogens with one attached hydrogen (secondary N) is 2. The molecular weight excluding hydrogens is 404 g/mol. The molecule has 2 unspecified atom stereocenters. The van der Waals surface area contributed by atoms with Crippen molar-refractivity contribution in [3.8, 4) is 22.9 Å². The third-order valence-electron chi connectivity index (χ3n) is 6.37. The molecule has 2 aliphatic rings. The van der Waals surface area contributed by atoms with Gasteiger partial charge in [-0.15, -0.1) is 0 Å². The summed E-state index contributed by atoms with van der Waals surface area (Å²) in [5, 5.41) is 20.2. The van der Waals surface area contributed by atoms with Gasteiger partial charge in [0.25, 0.3) is 0 Å². The van der Waals surface area contributed by atoms with Crippen molar-refractivity contribution in [3.63, 3.8) is 0 Å².